The smallest absolute Gasteiger partial charge is 0.253 e. The van der Waals surface area contributed by atoms with Crippen molar-refractivity contribution >= 4 is 26.8 Å². The number of benzene rings is 1. The number of hydrogen-bond acceptors (Lipinski definition) is 6. The highest BCUT2D eigenvalue weighted by Gasteiger charge is 2.19. The van der Waals surface area contributed by atoms with Gasteiger partial charge in [0.2, 0.25) is 9.84 Å². The summed E-state index contributed by atoms with van der Waals surface area (Å²) in [5.41, 5.74) is 1.81. The van der Waals surface area contributed by atoms with Crippen LogP contribution in [0.5, 0.6) is 0 Å². The van der Waals surface area contributed by atoms with Gasteiger partial charge in [0, 0.05) is 31.4 Å². The van der Waals surface area contributed by atoms with Crippen LogP contribution in [-0.4, -0.2) is 39.3 Å². The van der Waals surface area contributed by atoms with Gasteiger partial charge in [-0.2, -0.15) is 10.2 Å². The number of fused-ring (bicyclic) bond motifs is 1. The van der Waals surface area contributed by atoms with Crippen molar-refractivity contribution in [1.29, 1.82) is 0 Å². The standard InChI is InChI=1S/C18H16N6O3S/c1-24-11-16(10-22-24)28(26,27)15-4-2-12(3-5-15)7-20-18(25)14-6-13-9-21-23-17(13)19-8-14/h2-6,8-11H,7H2,1H3,(H,20,25)(H,19,21,23). The summed E-state index contributed by atoms with van der Waals surface area (Å²) in [6.07, 6.45) is 5.84. The largest absolute Gasteiger partial charge is 0.348 e. The maximum atomic E-state index is 12.6. The number of hydrogen-bond donors (Lipinski definition) is 2. The minimum atomic E-state index is -3.61. The molecule has 2 N–H and O–H groups in total. The van der Waals surface area contributed by atoms with Crippen LogP contribution in [0.4, 0.5) is 0 Å². The van der Waals surface area contributed by atoms with Crippen molar-refractivity contribution in [1.82, 2.24) is 30.3 Å². The molecule has 4 rings (SSSR count). The van der Waals surface area contributed by atoms with Gasteiger partial charge >= 0.3 is 0 Å². The number of carbonyl (C=O) groups is 1. The summed E-state index contributed by atoms with van der Waals surface area (Å²) in [7, 11) is -1.95. The van der Waals surface area contributed by atoms with E-state index in [1.807, 2.05) is 0 Å². The molecule has 3 heterocycles. The molecule has 4 aromatic rings. The lowest BCUT2D eigenvalue weighted by molar-refractivity contribution is 0.0950. The fourth-order valence-electron chi connectivity index (χ4n) is 2.71. The first-order valence-electron chi connectivity index (χ1n) is 8.33. The first-order valence-corrected chi connectivity index (χ1v) is 9.82. The molecule has 0 aliphatic heterocycles. The summed E-state index contributed by atoms with van der Waals surface area (Å²) in [5, 5.41) is 14.0. The van der Waals surface area contributed by atoms with Gasteiger partial charge in [0.05, 0.1) is 22.9 Å². The first-order chi connectivity index (χ1) is 13.4. The topological polar surface area (TPSA) is 123 Å². The number of pyridine rings is 1. The lowest BCUT2D eigenvalue weighted by Gasteiger charge is -2.07. The van der Waals surface area contributed by atoms with Crippen LogP contribution in [0, 0.1) is 0 Å². The second-order valence-corrected chi connectivity index (χ2v) is 8.16. The summed E-state index contributed by atoms with van der Waals surface area (Å²) in [4.78, 5) is 16.8. The predicted molar refractivity (Wildman–Crippen MR) is 100 cm³/mol. The van der Waals surface area contributed by atoms with E-state index < -0.39 is 9.84 Å². The number of sulfone groups is 1. The summed E-state index contributed by atoms with van der Waals surface area (Å²) >= 11 is 0. The molecule has 0 unspecified atom stereocenters. The molecule has 1 amide bonds. The van der Waals surface area contributed by atoms with Gasteiger partial charge in [0.1, 0.15) is 4.90 Å². The Labute approximate surface area is 160 Å². The molecule has 142 valence electrons. The van der Waals surface area contributed by atoms with E-state index in [2.05, 4.69) is 25.6 Å². The Balaban J connectivity index is 1.45. The molecular weight excluding hydrogens is 380 g/mol. The van der Waals surface area contributed by atoms with E-state index in [0.717, 1.165) is 10.9 Å². The molecule has 28 heavy (non-hydrogen) atoms. The third kappa shape index (κ3) is 3.37. The fraction of sp³-hybridized carbons (Fsp3) is 0.111. The Bertz CT molecular complexity index is 1260. The van der Waals surface area contributed by atoms with E-state index >= 15 is 0 Å². The van der Waals surface area contributed by atoms with E-state index in [9.17, 15) is 13.2 Å². The van der Waals surface area contributed by atoms with Gasteiger partial charge in [-0.1, -0.05) is 12.1 Å². The van der Waals surface area contributed by atoms with Crippen LogP contribution in [0.15, 0.2) is 64.9 Å². The number of H-pyrrole nitrogens is 1. The van der Waals surface area contributed by atoms with Crippen LogP contribution in [0.1, 0.15) is 15.9 Å². The number of carbonyl (C=O) groups excluding carboxylic acids is 1. The molecule has 10 heteroatoms. The van der Waals surface area contributed by atoms with E-state index in [-0.39, 0.29) is 22.2 Å². The predicted octanol–water partition coefficient (Wildman–Crippen LogP) is 1.45. The number of amides is 1. The van der Waals surface area contributed by atoms with Gasteiger partial charge in [0.15, 0.2) is 5.65 Å². The van der Waals surface area contributed by atoms with Gasteiger partial charge in [-0.3, -0.25) is 14.6 Å². The van der Waals surface area contributed by atoms with Crippen LogP contribution < -0.4 is 5.32 Å². The van der Waals surface area contributed by atoms with Crippen molar-refractivity contribution in [2.45, 2.75) is 16.3 Å². The third-order valence-corrected chi connectivity index (χ3v) is 5.96. The van der Waals surface area contributed by atoms with Gasteiger partial charge in [-0.25, -0.2) is 13.4 Å². The summed E-state index contributed by atoms with van der Waals surface area (Å²) in [6.45, 7) is 0.259. The second kappa shape index (κ2) is 6.89. The van der Waals surface area contributed by atoms with Crippen molar-refractivity contribution in [3.8, 4) is 0 Å². The summed E-state index contributed by atoms with van der Waals surface area (Å²) in [6, 6.07) is 8.07. The van der Waals surface area contributed by atoms with Crippen LogP contribution in [0.25, 0.3) is 11.0 Å². The van der Waals surface area contributed by atoms with Gasteiger partial charge < -0.3 is 5.32 Å². The van der Waals surface area contributed by atoms with Crippen molar-refractivity contribution < 1.29 is 13.2 Å². The Morgan fingerprint density at radius 3 is 2.64 bits per heavy atom. The highest BCUT2D eigenvalue weighted by molar-refractivity contribution is 7.91. The number of aryl methyl sites for hydroxylation is 1. The highest BCUT2D eigenvalue weighted by atomic mass is 32.2. The summed E-state index contributed by atoms with van der Waals surface area (Å²) in [5.74, 6) is -0.275. The van der Waals surface area contributed by atoms with E-state index in [0.29, 0.717) is 11.2 Å². The Kier molecular flexibility index (Phi) is 4.40. The molecule has 0 saturated carbocycles. The minimum absolute atomic E-state index is 0.137. The van der Waals surface area contributed by atoms with Crippen molar-refractivity contribution in [3.63, 3.8) is 0 Å². The van der Waals surface area contributed by atoms with Crippen LogP contribution >= 0.6 is 0 Å². The zero-order chi connectivity index (χ0) is 19.7. The third-order valence-electron chi connectivity index (χ3n) is 4.23. The van der Waals surface area contributed by atoms with Gasteiger partial charge in [-0.15, -0.1) is 0 Å². The normalized spacial score (nSPS) is 11.6. The average Bonchev–Trinajstić information content (AvgIpc) is 3.34. The molecule has 3 aromatic heterocycles. The lowest BCUT2D eigenvalue weighted by Crippen LogP contribution is -2.22. The Morgan fingerprint density at radius 1 is 1.14 bits per heavy atom. The molecular formula is C18H16N6O3S. The summed E-state index contributed by atoms with van der Waals surface area (Å²) < 4.78 is 26.6. The van der Waals surface area contributed by atoms with Crippen LogP contribution in [0.3, 0.4) is 0 Å². The van der Waals surface area contributed by atoms with E-state index in [4.69, 9.17) is 0 Å². The number of aromatic amines is 1. The van der Waals surface area contributed by atoms with Crippen molar-refractivity contribution in [2.75, 3.05) is 0 Å². The molecule has 1 aromatic carbocycles. The van der Waals surface area contributed by atoms with Crippen molar-refractivity contribution in [2.24, 2.45) is 7.05 Å². The molecule has 0 atom stereocenters. The molecule has 0 saturated heterocycles. The number of nitrogens with zero attached hydrogens (tertiary/aromatic N) is 4. The Hall–Kier alpha value is -3.53. The Morgan fingerprint density at radius 2 is 1.93 bits per heavy atom. The number of nitrogens with one attached hydrogen (secondary N) is 2. The highest BCUT2D eigenvalue weighted by Crippen LogP contribution is 2.20. The fourth-order valence-corrected chi connectivity index (χ4v) is 3.95. The first kappa shape index (κ1) is 17.9. The molecule has 0 aliphatic carbocycles. The van der Waals surface area contributed by atoms with Gasteiger partial charge in [0.25, 0.3) is 5.91 Å². The maximum Gasteiger partial charge on any atom is 0.253 e. The molecule has 0 bridgehead atoms. The monoisotopic (exact) mass is 396 g/mol. The van der Waals surface area contributed by atoms with E-state index in [1.165, 1.54) is 35.4 Å². The minimum Gasteiger partial charge on any atom is -0.348 e. The zero-order valence-corrected chi connectivity index (χ0v) is 15.6. The number of rotatable bonds is 5. The SMILES string of the molecule is Cn1cc(S(=O)(=O)c2ccc(CNC(=O)c3cnc4[nH]ncc4c3)cc2)cn1. The van der Waals surface area contributed by atoms with Crippen LogP contribution in [-0.2, 0) is 23.4 Å². The maximum absolute atomic E-state index is 12.6. The zero-order valence-electron chi connectivity index (χ0n) is 14.8. The van der Waals surface area contributed by atoms with Crippen LogP contribution in [0.2, 0.25) is 0 Å². The lowest BCUT2D eigenvalue weighted by atomic mass is 10.2. The van der Waals surface area contributed by atoms with Crippen molar-refractivity contribution in [3.05, 3.63) is 66.2 Å². The molecule has 0 radical (unpaired) electrons. The molecule has 0 aliphatic rings. The van der Waals surface area contributed by atoms with Gasteiger partial charge in [-0.05, 0) is 23.8 Å². The molecule has 0 spiro atoms. The number of aromatic nitrogens is 5. The molecule has 9 nitrogen and oxygen atoms in total. The second-order valence-electron chi connectivity index (χ2n) is 6.21. The molecule has 0 fully saturated rings. The average molecular weight is 396 g/mol. The quantitative estimate of drug-likeness (QED) is 0.526. The van der Waals surface area contributed by atoms with E-state index in [1.54, 1.807) is 31.4 Å².